The van der Waals surface area contributed by atoms with Gasteiger partial charge in [-0.3, -0.25) is 0 Å². The first kappa shape index (κ1) is 15.9. The first-order chi connectivity index (χ1) is 8.99. The van der Waals surface area contributed by atoms with Crippen molar-refractivity contribution in [1.82, 2.24) is 5.32 Å². The van der Waals surface area contributed by atoms with Crippen LogP contribution in [-0.4, -0.2) is 37.0 Å². The zero-order valence-corrected chi connectivity index (χ0v) is 12.7. The summed E-state index contributed by atoms with van der Waals surface area (Å²) in [5, 5.41) is 14.6. The van der Waals surface area contributed by atoms with E-state index in [4.69, 9.17) is 9.84 Å². The molecular weight excluding hydrogens is 312 g/mol. The summed E-state index contributed by atoms with van der Waals surface area (Å²) in [5.41, 5.74) is 0.104. The number of hydrogen-bond acceptors (Lipinski definition) is 3. The SMILES string of the molecule is COCC(C)(CCO)NC(=O)Nc1ccc(Br)cc1. The number of anilines is 1. The molecule has 0 aromatic heterocycles. The average molecular weight is 331 g/mol. The van der Waals surface area contributed by atoms with Gasteiger partial charge in [0, 0.05) is 23.9 Å². The second kappa shape index (κ2) is 7.47. The van der Waals surface area contributed by atoms with Gasteiger partial charge in [-0.2, -0.15) is 0 Å². The van der Waals surface area contributed by atoms with E-state index in [-0.39, 0.29) is 12.6 Å². The molecule has 2 amide bonds. The molecule has 1 aromatic carbocycles. The van der Waals surface area contributed by atoms with Crippen LogP contribution in [0.1, 0.15) is 13.3 Å². The lowest BCUT2D eigenvalue weighted by Crippen LogP contribution is -2.51. The Morgan fingerprint density at radius 1 is 1.42 bits per heavy atom. The largest absolute Gasteiger partial charge is 0.396 e. The Hall–Kier alpha value is -1.11. The number of ether oxygens (including phenoxy) is 1. The maximum atomic E-state index is 11.9. The number of aliphatic hydroxyl groups excluding tert-OH is 1. The lowest BCUT2D eigenvalue weighted by Gasteiger charge is -2.29. The predicted molar refractivity (Wildman–Crippen MR) is 78.3 cm³/mol. The lowest BCUT2D eigenvalue weighted by molar-refractivity contribution is 0.104. The Kier molecular flexibility index (Phi) is 6.27. The summed E-state index contributed by atoms with van der Waals surface area (Å²) >= 11 is 3.33. The molecule has 0 aliphatic heterocycles. The maximum absolute atomic E-state index is 11.9. The van der Waals surface area contributed by atoms with E-state index in [1.165, 1.54) is 0 Å². The molecule has 1 aromatic rings. The number of urea groups is 1. The fraction of sp³-hybridized carbons (Fsp3) is 0.462. The molecule has 0 aliphatic carbocycles. The highest BCUT2D eigenvalue weighted by molar-refractivity contribution is 9.10. The molecular formula is C13H19BrN2O3. The molecule has 0 saturated carbocycles. The quantitative estimate of drug-likeness (QED) is 0.749. The first-order valence-electron chi connectivity index (χ1n) is 5.93. The molecule has 1 atom stereocenters. The highest BCUT2D eigenvalue weighted by atomic mass is 79.9. The van der Waals surface area contributed by atoms with Gasteiger partial charge in [-0.05, 0) is 37.6 Å². The van der Waals surface area contributed by atoms with E-state index >= 15 is 0 Å². The summed E-state index contributed by atoms with van der Waals surface area (Å²) < 4.78 is 6.01. The Labute approximate surface area is 121 Å². The van der Waals surface area contributed by atoms with Gasteiger partial charge in [0.1, 0.15) is 0 Å². The first-order valence-corrected chi connectivity index (χ1v) is 6.73. The number of hydrogen-bond donors (Lipinski definition) is 3. The molecule has 0 saturated heterocycles. The van der Waals surface area contributed by atoms with E-state index in [1.54, 1.807) is 19.2 Å². The molecule has 0 spiro atoms. The molecule has 6 heteroatoms. The van der Waals surface area contributed by atoms with E-state index < -0.39 is 5.54 Å². The monoisotopic (exact) mass is 330 g/mol. The number of halogens is 1. The number of nitrogens with one attached hydrogen (secondary N) is 2. The summed E-state index contributed by atoms with van der Waals surface area (Å²) in [6.45, 7) is 2.15. The summed E-state index contributed by atoms with van der Waals surface area (Å²) in [7, 11) is 1.56. The Morgan fingerprint density at radius 2 is 2.05 bits per heavy atom. The Morgan fingerprint density at radius 3 is 2.58 bits per heavy atom. The van der Waals surface area contributed by atoms with Gasteiger partial charge in [-0.15, -0.1) is 0 Å². The minimum Gasteiger partial charge on any atom is -0.396 e. The van der Waals surface area contributed by atoms with Crippen LogP contribution >= 0.6 is 15.9 Å². The summed E-state index contributed by atoms with van der Waals surface area (Å²) in [5.74, 6) is 0. The maximum Gasteiger partial charge on any atom is 0.319 e. The van der Waals surface area contributed by atoms with Crippen molar-refractivity contribution >= 4 is 27.6 Å². The molecule has 5 nitrogen and oxygen atoms in total. The van der Waals surface area contributed by atoms with Crippen molar-refractivity contribution in [3.8, 4) is 0 Å². The minimum atomic E-state index is -0.594. The number of carbonyl (C=O) groups is 1. The minimum absolute atomic E-state index is 0.0155. The van der Waals surface area contributed by atoms with Gasteiger partial charge in [0.05, 0.1) is 12.1 Å². The molecule has 0 fully saturated rings. The lowest BCUT2D eigenvalue weighted by atomic mass is 10.00. The van der Waals surface area contributed by atoms with Crippen molar-refractivity contribution in [2.24, 2.45) is 0 Å². The normalized spacial score (nSPS) is 13.7. The molecule has 1 unspecified atom stereocenters. The van der Waals surface area contributed by atoms with Crippen molar-refractivity contribution in [3.63, 3.8) is 0 Å². The summed E-state index contributed by atoms with van der Waals surface area (Å²) in [4.78, 5) is 11.9. The van der Waals surface area contributed by atoms with Crippen LogP contribution in [0.25, 0.3) is 0 Å². The van der Waals surface area contributed by atoms with Crippen molar-refractivity contribution < 1.29 is 14.6 Å². The highest BCUT2D eigenvalue weighted by Crippen LogP contribution is 2.15. The van der Waals surface area contributed by atoms with Crippen molar-refractivity contribution in [1.29, 1.82) is 0 Å². The Bertz CT molecular complexity index is 403. The zero-order chi connectivity index (χ0) is 14.3. The van der Waals surface area contributed by atoms with Crippen LogP contribution in [0.4, 0.5) is 10.5 Å². The summed E-state index contributed by atoms with van der Waals surface area (Å²) in [6.07, 6.45) is 0.425. The average Bonchev–Trinajstić information content (AvgIpc) is 2.32. The van der Waals surface area contributed by atoms with Gasteiger partial charge >= 0.3 is 6.03 Å². The van der Waals surface area contributed by atoms with E-state index in [0.717, 1.165) is 4.47 Å². The zero-order valence-electron chi connectivity index (χ0n) is 11.1. The van der Waals surface area contributed by atoms with Gasteiger partial charge in [-0.1, -0.05) is 15.9 Å². The topological polar surface area (TPSA) is 70.6 Å². The van der Waals surface area contributed by atoms with Crippen molar-refractivity contribution in [2.75, 3.05) is 25.6 Å². The summed E-state index contributed by atoms with van der Waals surface area (Å²) in [6, 6.07) is 6.96. The number of aliphatic hydroxyl groups is 1. The Balaban J connectivity index is 2.59. The van der Waals surface area contributed by atoms with Gasteiger partial charge in [-0.25, -0.2) is 4.79 Å². The van der Waals surface area contributed by atoms with Crippen molar-refractivity contribution in [2.45, 2.75) is 18.9 Å². The standard InChI is InChI=1S/C13H19BrN2O3/c1-13(7-8-17,9-19-2)16-12(18)15-11-5-3-10(14)4-6-11/h3-6,17H,7-9H2,1-2H3,(H2,15,16,18). The van der Waals surface area contributed by atoms with Crippen LogP contribution in [0.15, 0.2) is 28.7 Å². The molecule has 106 valence electrons. The fourth-order valence-corrected chi connectivity index (χ4v) is 1.97. The molecule has 0 heterocycles. The van der Waals surface area contributed by atoms with Crippen LogP contribution in [0.5, 0.6) is 0 Å². The number of amides is 2. The molecule has 0 bridgehead atoms. The van der Waals surface area contributed by atoms with E-state index in [2.05, 4.69) is 26.6 Å². The fourth-order valence-electron chi connectivity index (χ4n) is 1.71. The molecule has 3 N–H and O–H groups in total. The number of carbonyl (C=O) groups excluding carboxylic acids is 1. The van der Waals surface area contributed by atoms with Crippen LogP contribution in [0.3, 0.4) is 0 Å². The van der Waals surface area contributed by atoms with Crippen molar-refractivity contribution in [3.05, 3.63) is 28.7 Å². The van der Waals surface area contributed by atoms with E-state index in [1.807, 2.05) is 19.1 Å². The predicted octanol–water partition coefficient (Wildman–Crippen LogP) is 2.36. The van der Waals surface area contributed by atoms with E-state index in [0.29, 0.717) is 18.7 Å². The second-order valence-corrected chi connectivity index (χ2v) is 5.47. The second-order valence-electron chi connectivity index (χ2n) is 4.55. The van der Waals surface area contributed by atoms with Crippen LogP contribution < -0.4 is 10.6 Å². The number of rotatable bonds is 6. The smallest absolute Gasteiger partial charge is 0.319 e. The molecule has 0 radical (unpaired) electrons. The number of methoxy groups -OCH3 is 1. The third-order valence-electron chi connectivity index (χ3n) is 2.64. The van der Waals surface area contributed by atoms with Crippen LogP contribution in [0.2, 0.25) is 0 Å². The third-order valence-corrected chi connectivity index (χ3v) is 3.17. The van der Waals surface area contributed by atoms with Gasteiger partial charge in [0.2, 0.25) is 0 Å². The van der Waals surface area contributed by atoms with Gasteiger partial charge in [0.15, 0.2) is 0 Å². The highest BCUT2D eigenvalue weighted by Gasteiger charge is 2.25. The van der Waals surface area contributed by atoms with Gasteiger partial charge in [0.25, 0.3) is 0 Å². The molecule has 1 rings (SSSR count). The van der Waals surface area contributed by atoms with Crippen LogP contribution in [-0.2, 0) is 4.74 Å². The van der Waals surface area contributed by atoms with Gasteiger partial charge < -0.3 is 20.5 Å². The molecule has 19 heavy (non-hydrogen) atoms. The third kappa shape index (κ3) is 5.59. The van der Waals surface area contributed by atoms with E-state index in [9.17, 15) is 4.79 Å². The number of benzene rings is 1. The molecule has 0 aliphatic rings. The van der Waals surface area contributed by atoms with Crippen LogP contribution in [0, 0.1) is 0 Å².